The van der Waals surface area contributed by atoms with E-state index in [9.17, 15) is 0 Å². The minimum Gasteiger partial charge on any atom is -0.330 e. The van der Waals surface area contributed by atoms with Crippen molar-refractivity contribution in [3.05, 3.63) is 49.1 Å². The van der Waals surface area contributed by atoms with Crippen LogP contribution in [-0.2, 0) is 13.1 Å². The highest BCUT2D eigenvalue weighted by atomic mass is 15.2. The quantitative estimate of drug-likeness (QED) is 0.655. The molecule has 0 unspecified atom stereocenters. The smallest absolute Gasteiger partial charge is 0.158 e. The fraction of sp³-hybridized carbons (Fsp3) is 0.455. The van der Waals surface area contributed by atoms with E-state index in [1.165, 1.54) is 25.8 Å². The Labute approximate surface area is 161 Å². The van der Waals surface area contributed by atoms with Crippen molar-refractivity contribution in [1.82, 2.24) is 24.0 Å². The first-order valence-electron chi connectivity index (χ1n) is 10.2. The topological polar surface area (TPSA) is 38.9 Å². The third-order valence-corrected chi connectivity index (χ3v) is 5.72. The van der Waals surface area contributed by atoms with E-state index < -0.39 is 0 Å². The maximum absolute atomic E-state index is 4.83. The van der Waals surface area contributed by atoms with E-state index in [-0.39, 0.29) is 0 Å². The largest absolute Gasteiger partial charge is 0.330 e. The van der Waals surface area contributed by atoms with Crippen molar-refractivity contribution in [3.63, 3.8) is 0 Å². The monoisotopic (exact) mass is 363 g/mol. The highest BCUT2D eigenvalue weighted by Crippen LogP contribution is 2.31. The van der Waals surface area contributed by atoms with Gasteiger partial charge in [0.2, 0.25) is 0 Å². The molecule has 0 amide bonds. The summed E-state index contributed by atoms with van der Waals surface area (Å²) in [5, 5.41) is 0. The van der Waals surface area contributed by atoms with Gasteiger partial charge in [-0.15, -0.1) is 0 Å². The molecule has 0 saturated carbocycles. The van der Waals surface area contributed by atoms with Crippen molar-refractivity contribution in [1.29, 1.82) is 0 Å². The van der Waals surface area contributed by atoms with Crippen LogP contribution in [0.3, 0.4) is 0 Å². The number of rotatable bonds is 6. The first-order chi connectivity index (χ1) is 13.3. The van der Waals surface area contributed by atoms with Gasteiger partial charge in [0, 0.05) is 37.1 Å². The second kappa shape index (κ2) is 8.09. The fourth-order valence-corrected chi connectivity index (χ4v) is 4.25. The normalized spacial score (nSPS) is 18.1. The van der Waals surface area contributed by atoms with Gasteiger partial charge in [0.25, 0.3) is 0 Å². The Morgan fingerprint density at radius 1 is 1.00 bits per heavy atom. The maximum Gasteiger partial charge on any atom is 0.158 e. The van der Waals surface area contributed by atoms with Crippen LogP contribution in [0.15, 0.2) is 49.1 Å². The molecule has 0 spiro atoms. The zero-order chi connectivity index (χ0) is 18.6. The van der Waals surface area contributed by atoms with Gasteiger partial charge in [-0.05, 0) is 32.9 Å². The summed E-state index contributed by atoms with van der Waals surface area (Å²) >= 11 is 0. The number of hydrogen-bond donors (Lipinski definition) is 0. The molecule has 0 aliphatic carbocycles. The second-order valence-electron chi connectivity index (χ2n) is 7.28. The molecule has 1 aliphatic heterocycles. The summed E-state index contributed by atoms with van der Waals surface area (Å²) in [6.07, 6.45) is 9.85. The minimum absolute atomic E-state index is 0.574. The Balaban J connectivity index is 1.77. The van der Waals surface area contributed by atoms with Crippen molar-refractivity contribution in [2.75, 3.05) is 13.1 Å². The van der Waals surface area contributed by atoms with E-state index in [2.05, 4.69) is 58.3 Å². The lowest BCUT2D eigenvalue weighted by Gasteiger charge is -2.35. The second-order valence-corrected chi connectivity index (χ2v) is 7.28. The van der Waals surface area contributed by atoms with Gasteiger partial charge in [-0.2, -0.15) is 0 Å². The van der Waals surface area contributed by atoms with Crippen molar-refractivity contribution >= 4 is 0 Å². The molecular formula is C22H29N5. The van der Waals surface area contributed by atoms with E-state index in [0.29, 0.717) is 6.04 Å². The zero-order valence-corrected chi connectivity index (χ0v) is 16.4. The molecule has 1 saturated heterocycles. The Kier molecular flexibility index (Phi) is 5.39. The summed E-state index contributed by atoms with van der Waals surface area (Å²) in [7, 11) is 0. The molecule has 4 rings (SSSR count). The Morgan fingerprint density at radius 2 is 1.85 bits per heavy atom. The molecule has 1 aliphatic rings. The predicted molar refractivity (Wildman–Crippen MR) is 109 cm³/mol. The number of likely N-dealkylation sites (N-methyl/N-ethyl adjacent to an activating group) is 1. The molecule has 3 aromatic rings. The van der Waals surface area contributed by atoms with Crippen LogP contribution >= 0.6 is 0 Å². The Morgan fingerprint density at radius 3 is 2.63 bits per heavy atom. The van der Waals surface area contributed by atoms with E-state index in [1.54, 1.807) is 0 Å². The number of nitrogens with zero attached hydrogens (tertiary/aromatic N) is 5. The van der Waals surface area contributed by atoms with Gasteiger partial charge in [0.05, 0.1) is 12.0 Å². The fourth-order valence-electron chi connectivity index (χ4n) is 4.25. The van der Waals surface area contributed by atoms with Crippen LogP contribution in [-0.4, -0.2) is 43.1 Å². The van der Waals surface area contributed by atoms with Gasteiger partial charge in [0.1, 0.15) is 5.69 Å². The Bertz CT molecular complexity index is 864. The number of aryl methyl sites for hydroxylation is 1. The van der Waals surface area contributed by atoms with E-state index in [0.717, 1.165) is 42.4 Å². The molecule has 1 atom stereocenters. The molecule has 3 heterocycles. The molecule has 1 aromatic carbocycles. The molecule has 5 heteroatoms. The summed E-state index contributed by atoms with van der Waals surface area (Å²) in [5.74, 6) is 1.01. The third-order valence-electron chi connectivity index (χ3n) is 5.72. The van der Waals surface area contributed by atoms with Crippen LogP contribution in [0, 0.1) is 0 Å². The van der Waals surface area contributed by atoms with Crippen molar-refractivity contribution in [2.45, 2.75) is 52.2 Å². The van der Waals surface area contributed by atoms with Gasteiger partial charge in [-0.1, -0.05) is 43.7 Å². The van der Waals surface area contributed by atoms with Crippen molar-refractivity contribution < 1.29 is 0 Å². The van der Waals surface area contributed by atoms with E-state index >= 15 is 0 Å². The van der Waals surface area contributed by atoms with Crippen LogP contribution in [0.2, 0.25) is 0 Å². The highest BCUT2D eigenvalue weighted by Gasteiger charge is 2.25. The lowest BCUT2D eigenvalue weighted by atomic mass is 10.0. The van der Waals surface area contributed by atoms with E-state index in [1.807, 2.05) is 18.6 Å². The van der Waals surface area contributed by atoms with Gasteiger partial charge >= 0.3 is 0 Å². The van der Waals surface area contributed by atoms with Crippen LogP contribution < -0.4 is 0 Å². The molecule has 0 N–H and O–H groups in total. The number of hydrogen-bond acceptors (Lipinski definition) is 3. The molecule has 0 radical (unpaired) electrons. The summed E-state index contributed by atoms with van der Waals surface area (Å²) < 4.78 is 4.54. The lowest BCUT2D eigenvalue weighted by molar-refractivity contribution is 0.140. The molecule has 2 aromatic heterocycles. The molecule has 142 valence electrons. The van der Waals surface area contributed by atoms with Gasteiger partial charge in [0.15, 0.2) is 5.82 Å². The summed E-state index contributed by atoms with van der Waals surface area (Å²) in [6, 6.07) is 11.0. The zero-order valence-electron chi connectivity index (χ0n) is 16.4. The summed E-state index contributed by atoms with van der Waals surface area (Å²) in [5.41, 5.74) is 3.30. The number of imidazole rings is 2. The van der Waals surface area contributed by atoms with Crippen LogP contribution in [0.25, 0.3) is 22.8 Å². The summed E-state index contributed by atoms with van der Waals surface area (Å²) in [6.45, 7) is 8.63. The number of aromatic nitrogens is 4. The SMILES string of the molecule is CCN1CCCC[C@@H]1Cn1cnc(-c2ccccc2)c1-c1nccn1CC. The van der Waals surface area contributed by atoms with Crippen molar-refractivity contribution in [2.24, 2.45) is 0 Å². The van der Waals surface area contributed by atoms with Crippen LogP contribution in [0.1, 0.15) is 33.1 Å². The lowest BCUT2D eigenvalue weighted by Crippen LogP contribution is -2.41. The van der Waals surface area contributed by atoms with Gasteiger partial charge < -0.3 is 9.13 Å². The van der Waals surface area contributed by atoms with Gasteiger partial charge in [-0.3, -0.25) is 4.90 Å². The van der Waals surface area contributed by atoms with Crippen LogP contribution in [0.5, 0.6) is 0 Å². The highest BCUT2D eigenvalue weighted by molar-refractivity contribution is 5.75. The number of benzene rings is 1. The first-order valence-corrected chi connectivity index (χ1v) is 10.2. The first kappa shape index (κ1) is 18.0. The standard InChI is InChI=1S/C22H29N5/c1-3-25-14-9-8-12-19(25)16-27-17-24-20(18-10-6-5-7-11-18)21(27)22-23-13-15-26(22)4-2/h5-7,10-11,13,15,17,19H,3-4,8-9,12,14,16H2,1-2H3/t19-/m1/s1. The summed E-state index contributed by atoms with van der Waals surface area (Å²) in [4.78, 5) is 12.1. The minimum atomic E-state index is 0.574. The molecule has 5 nitrogen and oxygen atoms in total. The maximum atomic E-state index is 4.83. The molecular weight excluding hydrogens is 334 g/mol. The molecule has 0 bridgehead atoms. The molecule has 27 heavy (non-hydrogen) atoms. The van der Waals surface area contributed by atoms with Crippen molar-refractivity contribution in [3.8, 4) is 22.8 Å². The Hall–Kier alpha value is -2.40. The number of likely N-dealkylation sites (tertiary alicyclic amines) is 1. The van der Waals surface area contributed by atoms with E-state index in [4.69, 9.17) is 9.97 Å². The average molecular weight is 364 g/mol. The van der Waals surface area contributed by atoms with Gasteiger partial charge in [-0.25, -0.2) is 9.97 Å². The predicted octanol–water partition coefficient (Wildman–Crippen LogP) is 4.31. The molecule has 1 fully saturated rings. The third kappa shape index (κ3) is 3.56. The van der Waals surface area contributed by atoms with Crippen LogP contribution in [0.4, 0.5) is 0 Å². The number of piperidine rings is 1. The average Bonchev–Trinajstić information content (AvgIpc) is 3.35.